The van der Waals surface area contributed by atoms with Gasteiger partial charge in [-0.15, -0.1) is 0 Å². The van der Waals surface area contributed by atoms with Crippen molar-refractivity contribution in [3.05, 3.63) is 63.4 Å². The molecule has 0 amide bonds. The molecule has 0 spiro atoms. The van der Waals surface area contributed by atoms with E-state index in [9.17, 15) is 0 Å². The summed E-state index contributed by atoms with van der Waals surface area (Å²) in [7, 11) is 1.89. The molecule has 2 aromatic rings. The zero-order chi connectivity index (χ0) is 13.1. The lowest BCUT2D eigenvalue weighted by molar-refractivity contribution is 0.666. The van der Waals surface area contributed by atoms with Crippen LogP contribution >= 0.6 is 23.2 Å². The summed E-state index contributed by atoms with van der Waals surface area (Å²) >= 11 is 12.2. The number of nitrogens with zero attached hydrogens (tertiary/aromatic N) is 1. The molecule has 94 valence electrons. The lowest BCUT2D eigenvalue weighted by atomic mass is 10.00. The Bertz CT molecular complexity index is 555. The van der Waals surface area contributed by atoms with Crippen molar-refractivity contribution in [3.8, 4) is 0 Å². The van der Waals surface area contributed by atoms with E-state index < -0.39 is 0 Å². The Morgan fingerprint density at radius 1 is 1.22 bits per heavy atom. The average Bonchev–Trinajstić information content (AvgIpc) is 2.34. The summed E-state index contributed by atoms with van der Waals surface area (Å²) in [6, 6.07) is 9.45. The van der Waals surface area contributed by atoms with Gasteiger partial charge in [-0.25, -0.2) is 0 Å². The lowest BCUT2D eigenvalue weighted by Gasteiger charge is -2.19. The highest BCUT2D eigenvalue weighted by molar-refractivity contribution is 6.35. The maximum Gasteiger partial charge on any atom is 0.0766 e. The molecule has 1 aromatic heterocycles. The summed E-state index contributed by atoms with van der Waals surface area (Å²) in [6.45, 7) is 2.04. The Hall–Kier alpha value is -1.09. The minimum absolute atomic E-state index is 0.0315. The van der Waals surface area contributed by atoms with Crippen molar-refractivity contribution in [1.29, 1.82) is 0 Å². The maximum atomic E-state index is 6.25. The highest BCUT2D eigenvalue weighted by Gasteiger charge is 2.18. The molecule has 0 saturated carbocycles. The van der Waals surface area contributed by atoms with Crippen LogP contribution < -0.4 is 5.32 Å². The first-order valence-corrected chi connectivity index (χ1v) is 6.43. The molecule has 0 bridgehead atoms. The molecule has 0 radical (unpaired) electrons. The van der Waals surface area contributed by atoms with Crippen molar-refractivity contribution in [3.63, 3.8) is 0 Å². The van der Waals surface area contributed by atoms with Crippen LogP contribution in [0, 0.1) is 6.92 Å². The van der Waals surface area contributed by atoms with E-state index in [1.807, 2.05) is 38.2 Å². The van der Waals surface area contributed by atoms with E-state index in [-0.39, 0.29) is 6.04 Å². The van der Waals surface area contributed by atoms with E-state index in [1.165, 1.54) is 0 Å². The van der Waals surface area contributed by atoms with Gasteiger partial charge in [0.05, 0.1) is 11.7 Å². The number of hydrogen-bond donors (Lipinski definition) is 1. The average molecular weight is 281 g/mol. The molecule has 1 aromatic carbocycles. The van der Waals surface area contributed by atoms with Gasteiger partial charge in [-0.3, -0.25) is 4.98 Å². The van der Waals surface area contributed by atoms with Crippen LogP contribution in [0.4, 0.5) is 0 Å². The molecular weight excluding hydrogens is 267 g/mol. The van der Waals surface area contributed by atoms with Crippen LogP contribution in [0.15, 0.2) is 36.5 Å². The number of benzene rings is 1. The van der Waals surface area contributed by atoms with E-state index in [0.717, 1.165) is 16.8 Å². The van der Waals surface area contributed by atoms with Gasteiger partial charge >= 0.3 is 0 Å². The molecule has 1 unspecified atom stereocenters. The van der Waals surface area contributed by atoms with Crippen molar-refractivity contribution in [2.45, 2.75) is 13.0 Å². The first kappa shape index (κ1) is 13.3. The predicted molar refractivity (Wildman–Crippen MR) is 76.3 cm³/mol. The summed E-state index contributed by atoms with van der Waals surface area (Å²) < 4.78 is 0. The van der Waals surface area contributed by atoms with Gasteiger partial charge in [0.15, 0.2) is 0 Å². The minimum atomic E-state index is -0.0315. The largest absolute Gasteiger partial charge is 0.308 e. The molecule has 0 aliphatic heterocycles. The molecule has 0 fully saturated rings. The van der Waals surface area contributed by atoms with Gasteiger partial charge in [0.1, 0.15) is 0 Å². The second-order valence-corrected chi connectivity index (χ2v) is 4.94. The summed E-state index contributed by atoms with van der Waals surface area (Å²) in [5.74, 6) is 0. The van der Waals surface area contributed by atoms with Gasteiger partial charge < -0.3 is 5.32 Å². The fraction of sp³-hybridized carbons (Fsp3) is 0.214. The number of aryl methyl sites for hydroxylation is 1. The number of nitrogens with one attached hydrogen (secondary N) is 1. The summed E-state index contributed by atoms with van der Waals surface area (Å²) in [5, 5.41) is 4.53. The standard InChI is InChI=1S/C14H14Cl2N2/c1-9-4-3-7-18-13(9)14(17-2)11-6-5-10(15)8-12(11)16/h3-8,14,17H,1-2H3. The third-order valence-electron chi connectivity index (χ3n) is 2.89. The third-order valence-corrected chi connectivity index (χ3v) is 3.45. The molecule has 18 heavy (non-hydrogen) atoms. The second-order valence-electron chi connectivity index (χ2n) is 4.09. The first-order valence-electron chi connectivity index (χ1n) is 5.67. The van der Waals surface area contributed by atoms with E-state index in [0.29, 0.717) is 10.0 Å². The number of rotatable bonds is 3. The Morgan fingerprint density at radius 3 is 2.61 bits per heavy atom. The van der Waals surface area contributed by atoms with E-state index in [4.69, 9.17) is 23.2 Å². The minimum Gasteiger partial charge on any atom is -0.308 e. The predicted octanol–water partition coefficient (Wildman–Crippen LogP) is 4.01. The zero-order valence-corrected chi connectivity index (χ0v) is 11.8. The normalized spacial score (nSPS) is 12.4. The quantitative estimate of drug-likeness (QED) is 0.919. The number of halogens is 2. The van der Waals surface area contributed by atoms with Gasteiger partial charge in [0.25, 0.3) is 0 Å². The Balaban J connectivity index is 2.49. The molecule has 1 N–H and O–H groups in total. The Labute approximate surface area is 117 Å². The maximum absolute atomic E-state index is 6.25. The summed E-state index contributed by atoms with van der Waals surface area (Å²) in [6.07, 6.45) is 1.79. The molecule has 0 aliphatic rings. The first-order chi connectivity index (χ1) is 8.63. The zero-order valence-electron chi connectivity index (χ0n) is 10.2. The van der Waals surface area contributed by atoms with Gasteiger partial charge in [0, 0.05) is 16.2 Å². The number of pyridine rings is 1. The van der Waals surface area contributed by atoms with Gasteiger partial charge in [-0.05, 0) is 43.3 Å². The van der Waals surface area contributed by atoms with E-state index in [2.05, 4.69) is 10.3 Å². The SMILES string of the molecule is CNC(c1ccc(Cl)cc1Cl)c1ncccc1C. The molecule has 0 saturated heterocycles. The molecule has 0 aliphatic carbocycles. The van der Waals surface area contributed by atoms with Crippen LogP contribution in [-0.4, -0.2) is 12.0 Å². The molecule has 4 heteroatoms. The van der Waals surface area contributed by atoms with Crippen LogP contribution in [0.1, 0.15) is 22.9 Å². The number of hydrogen-bond acceptors (Lipinski definition) is 2. The molecule has 2 nitrogen and oxygen atoms in total. The smallest absolute Gasteiger partial charge is 0.0766 e. The lowest BCUT2D eigenvalue weighted by Crippen LogP contribution is -2.20. The highest BCUT2D eigenvalue weighted by Crippen LogP contribution is 2.30. The van der Waals surface area contributed by atoms with Gasteiger partial charge in [0.2, 0.25) is 0 Å². The van der Waals surface area contributed by atoms with Crippen LogP contribution in [0.3, 0.4) is 0 Å². The third kappa shape index (κ3) is 2.66. The van der Waals surface area contributed by atoms with Crippen molar-refractivity contribution >= 4 is 23.2 Å². The van der Waals surface area contributed by atoms with E-state index in [1.54, 1.807) is 12.3 Å². The van der Waals surface area contributed by atoms with Crippen molar-refractivity contribution < 1.29 is 0 Å². The van der Waals surface area contributed by atoms with Crippen molar-refractivity contribution in [2.24, 2.45) is 0 Å². The van der Waals surface area contributed by atoms with Crippen LogP contribution in [0.2, 0.25) is 10.0 Å². The van der Waals surface area contributed by atoms with Crippen molar-refractivity contribution in [1.82, 2.24) is 10.3 Å². The highest BCUT2D eigenvalue weighted by atomic mass is 35.5. The Morgan fingerprint density at radius 2 is 2.00 bits per heavy atom. The van der Waals surface area contributed by atoms with Crippen LogP contribution in [0.25, 0.3) is 0 Å². The molecular formula is C14H14Cl2N2. The second kappa shape index (κ2) is 5.70. The summed E-state index contributed by atoms with van der Waals surface area (Å²) in [4.78, 5) is 4.44. The molecule has 1 heterocycles. The molecule has 1 atom stereocenters. The topological polar surface area (TPSA) is 24.9 Å². The van der Waals surface area contributed by atoms with E-state index >= 15 is 0 Å². The molecule has 2 rings (SSSR count). The van der Waals surface area contributed by atoms with Gasteiger partial charge in [-0.1, -0.05) is 35.3 Å². The van der Waals surface area contributed by atoms with Crippen LogP contribution in [-0.2, 0) is 0 Å². The van der Waals surface area contributed by atoms with Gasteiger partial charge in [-0.2, -0.15) is 0 Å². The fourth-order valence-corrected chi connectivity index (χ4v) is 2.49. The Kier molecular flexibility index (Phi) is 4.23. The van der Waals surface area contributed by atoms with Crippen molar-refractivity contribution in [2.75, 3.05) is 7.05 Å². The number of aromatic nitrogens is 1. The summed E-state index contributed by atoms with van der Waals surface area (Å²) in [5.41, 5.74) is 3.08. The monoisotopic (exact) mass is 280 g/mol. The van der Waals surface area contributed by atoms with Crippen LogP contribution in [0.5, 0.6) is 0 Å². The fourth-order valence-electron chi connectivity index (χ4n) is 1.98.